The summed E-state index contributed by atoms with van der Waals surface area (Å²) in [7, 11) is 0. The standard InChI is InChI=1S/C12H9BrFNO4/c1-2-18-11-3-8(13)9(14)4-10(11)15-5-7(6-16)19-12(15)17/h1,3-4,7,16H,5-6H2. The molecule has 1 fully saturated rings. The summed E-state index contributed by atoms with van der Waals surface area (Å²) in [6.07, 6.45) is 5.66. The summed E-state index contributed by atoms with van der Waals surface area (Å²) in [6, 6.07) is 2.43. The summed E-state index contributed by atoms with van der Waals surface area (Å²) in [5.74, 6) is -0.425. The average Bonchev–Trinajstić information content (AvgIpc) is 2.75. The van der Waals surface area contributed by atoms with E-state index in [1.54, 1.807) is 0 Å². The number of carbonyl (C=O) groups excluding carboxylic acids is 1. The molecule has 1 aliphatic rings. The van der Waals surface area contributed by atoms with Crippen LogP contribution in [0.5, 0.6) is 5.75 Å². The molecule has 1 amide bonds. The second-order valence-corrected chi connectivity index (χ2v) is 4.61. The van der Waals surface area contributed by atoms with Crippen molar-refractivity contribution in [2.75, 3.05) is 18.1 Å². The van der Waals surface area contributed by atoms with Gasteiger partial charge in [-0.3, -0.25) is 4.90 Å². The Labute approximate surface area is 117 Å². The lowest BCUT2D eigenvalue weighted by atomic mass is 10.2. The normalized spacial score (nSPS) is 18.1. The molecule has 2 rings (SSSR count). The number of rotatable bonds is 3. The molecule has 1 saturated heterocycles. The highest BCUT2D eigenvalue weighted by atomic mass is 79.9. The Hall–Kier alpha value is -1.78. The number of hydrogen-bond acceptors (Lipinski definition) is 4. The lowest BCUT2D eigenvalue weighted by Crippen LogP contribution is -2.26. The van der Waals surface area contributed by atoms with Gasteiger partial charge in [0.15, 0.2) is 5.75 Å². The summed E-state index contributed by atoms with van der Waals surface area (Å²) >= 11 is 3.00. The van der Waals surface area contributed by atoms with Gasteiger partial charge in [-0.15, -0.1) is 0 Å². The van der Waals surface area contributed by atoms with Crippen LogP contribution in [0.4, 0.5) is 14.9 Å². The number of halogens is 2. The maximum absolute atomic E-state index is 13.6. The highest BCUT2D eigenvalue weighted by Crippen LogP contribution is 2.35. The van der Waals surface area contributed by atoms with E-state index >= 15 is 0 Å². The van der Waals surface area contributed by atoms with E-state index in [0.717, 1.165) is 11.0 Å². The van der Waals surface area contributed by atoms with Crippen LogP contribution in [0.3, 0.4) is 0 Å². The average molecular weight is 330 g/mol. The molecular formula is C12H9BrFNO4. The monoisotopic (exact) mass is 329 g/mol. The first-order chi connectivity index (χ1) is 9.06. The summed E-state index contributed by atoms with van der Waals surface area (Å²) < 4.78 is 23.5. The molecule has 1 heterocycles. The smallest absolute Gasteiger partial charge is 0.414 e. The molecule has 7 heteroatoms. The van der Waals surface area contributed by atoms with Gasteiger partial charge in [-0.1, -0.05) is 6.42 Å². The van der Waals surface area contributed by atoms with Crippen molar-refractivity contribution in [3.8, 4) is 18.3 Å². The fourth-order valence-corrected chi connectivity index (χ4v) is 2.01. The van der Waals surface area contributed by atoms with Gasteiger partial charge in [-0.05, 0) is 15.9 Å². The quantitative estimate of drug-likeness (QED) is 0.860. The Kier molecular flexibility index (Phi) is 3.93. The molecule has 1 atom stereocenters. The number of aliphatic hydroxyl groups is 1. The minimum Gasteiger partial charge on any atom is -0.441 e. The van der Waals surface area contributed by atoms with Crippen LogP contribution < -0.4 is 9.64 Å². The Morgan fingerprint density at radius 2 is 2.42 bits per heavy atom. The van der Waals surface area contributed by atoms with Crippen molar-refractivity contribution < 1.29 is 23.8 Å². The van der Waals surface area contributed by atoms with Crippen LogP contribution in [-0.2, 0) is 4.74 Å². The van der Waals surface area contributed by atoms with E-state index < -0.39 is 18.0 Å². The van der Waals surface area contributed by atoms with Crippen LogP contribution >= 0.6 is 15.9 Å². The minimum atomic E-state index is -0.692. The number of anilines is 1. The van der Waals surface area contributed by atoms with Crippen LogP contribution in [0.2, 0.25) is 0 Å². The van der Waals surface area contributed by atoms with Gasteiger partial charge in [0, 0.05) is 12.1 Å². The molecule has 1 unspecified atom stereocenters. The summed E-state index contributed by atoms with van der Waals surface area (Å²) in [5.41, 5.74) is 0.152. The van der Waals surface area contributed by atoms with Gasteiger partial charge in [-0.25, -0.2) is 9.18 Å². The fraction of sp³-hybridized carbons (Fsp3) is 0.250. The second kappa shape index (κ2) is 5.47. The van der Waals surface area contributed by atoms with E-state index in [1.807, 2.05) is 6.11 Å². The van der Waals surface area contributed by atoms with E-state index in [9.17, 15) is 9.18 Å². The predicted octanol–water partition coefficient (Wildman–Crippen LogP) is 1.88. The Morgan fingerprint density at radius 1 is 1.68 bits per heavy atom. The molecule has 1 aromatic rings. The lowest BCUT2D eigenvalue weighted by Gasteiger charge is -2.16. The molecular weight excluding hydrogens is 321 g/mol. The van der Waals surface area contributed by atoms with Crippen LogP contribution in [0.1, 0.15) is 0 Å². The Balaban J connectivity index is 2.41. The van der Waals surface area contributed by atoms with Gasteiger partial charge in [-0.2, -0.15) is 0 Å². The third kappa shape index (κ3) is 2.64. The van der Waals surface area contributed by atoms with E-state index in [1.165, 1.54) is 6.07 Å². The van der Waals surface area contributed by atoms with Gasteiger partial charge in [0.05, 0.1) is 23.3 Å². The zero-order valence-corrected chi connectivity index (χ0v) is 11.2. The number of hydrogen-bond donors (Lipinski definition) is 1. The van der Waals surface area contributed by atoms with Crippen molar-refractivity contribution in [3.05, 3.63) is 22.4 Å². The third-order valence-electron chi connectivity index (χ3n) is 2.54. The number of ether oxygens (including phenoxy) is 2. The zero-order chi connectivity index (χ0) is 14.0. The molecule has 1 aromatic carbocycles. The van der Waals surface area contributed by atoms with Gasteiger partial charge < -0.3 is 14.6 Å². The van der Waals surface area contributed by atoms with Gasteiger partial charge in [0.2, 0.25) is 0 Å². The van der Waals surface area contributed by atoms with Crippen molar-refractivity contribution in [1.29, 1.82) is 0 Å². The van der Waals surface area contributed by atoms with Gasteiger partial charge >= 0.3 is 6.09 Å². The van der Waals surface area contributed by atoms with Gasteiger partial charge in [0.1, 0.15) is 18.0 Å². The largest absolute Gasteiger partial charge is 0.441 e. The first kappa shape index (κ1) is 13.6. The molecule has 19 heavy (non-hydrogen) atoms. The molecule has 0 aliphatic carbocycles. The van der Waals surface area contributed by atoms with Crippen molar-refractivity contribution in [2.45, 2.75) is 6.10 Å². The fourth-order valence-electron chi connectivity index (χ4n) is 1.69. The molecule has 0 spiro atoms. The molecule has 1 aliphatic heterocycles. The third-order valence-corrected chi connectivity index (χ3v) is 3.15. The van der Waals surface area contributed by atoms with Crippen LogP contribution in [0.25, 0.3) is 0 Å². The number of benzene rings is 1. The van der Waals surface area contributed by atoms with Crippen LogP contribution in [0.15, 0.2) is 16.6 Å². The first-order valence-corrected chi connectivity index (χ1v) is 6.06. The van der Waals surface area contributed by atoms with Crippen molar-refractivity contribution >= 4 is 27.7 Å². The first-order valence-electron chi connectivity index (χ1n) is 5.27. The lowest BCUT2D eigenvalue weighted by molar-refractivity contribution is 0.0963. The zero-order valence-electron chi connectivity index (χ0n) is 9.60. The molecule has 0 radical (unpaired) electrons. The SMILES string of the molecule is C#COc1cc(Br)c(F)cc1N1CC(CO)OC1=O. The van der Waals surface area contributed by atoms with E-state index in [4.69, 9.17) is 21.0 Å². The maximum Gasteiger partial charge on any atom is 0.414 e. The van der Waals surface area contributed by atoms with E-state index in [0.29, 0.717) is 0 Å². The number of nitrogens with zero attached hydrogens (tertiary/aromatic N) is 1. The molecule has 5 nitrogen and oxygen atoms in total. The van der Waals surface area contributed by atoms with Crippen LogP contribution in [0, 0.1) is 18.3 Å². The van der Waals surface area contributed by atoms with Crippen LogP contribution in [-0.4, -0.2) is 30.5 Å². The van der Waals surface area contributed by atoms with Crippen molar-refractivity contribution in [2.24, 2.45) is 0 Å². The predicted molar refractivity (Wildman–Crippen MR) is 68.3 cm³/mol. The van der Waals surface area contributed by atoms with Crippen molar-refractivity contribution in [1.82, 2.24) is 0 Å². The summed E-state index contributed by atoms with van der Waals surface area (Å²) in [5, 5.41) is 8.97. The minimum absolute atomic E-state index is 0.0946. The molecule has 100 valence electrons. The maximum atomic E-state index is 13.6. The molecule has 0 aromatic heterocycles. The number of aliphatic hydroxyl groups excluding tert-OH is 1. The Morgan fingerprint density at radius 3 is 3.00 bits per heavy atom. The number of terminal acetylenes is 1. The number of amides is 1. The molecule has 0 saturated carbocycles. The highest BCUT2D eigenvalue weighted by Gasteiger charge is 2.34. The molecule has 0 bridgehead atoms. The second-order valence-electron chi connectivity index (χ2n) is 3.75. The molecule has 1 N–H and O–H groups in total. The van der Waals surface area contributed by atoms with E-state index in [-0.39, 0.29) is 29.1 Å². The van der Waals surface area contributed by atoms with E-state index in [2.05, 4.69) is 15.9 Å². The summed E-state index contributed by atoms with van der Waals surface area (Å²) in [6.45, 7) is -0.218. The van der Waals surface area contributed by atoms with Crippen molar-refractivity contribution in [3.63, 3.8) is 0 Å². The Bertz CT molecular complexity index is 557. The number of carbonyl (C=O) groups is 1. The highest BCUT2D eigenvalue weighted by molar-refractivity contribution is 9.10. The summed E-state index contributed by atoms with van der Waals surface area (Å²) in [4.78, 5) is 12.8. The topological polar surface area (TPSA) is 59.0 Å². The van der Waals surface area contributed by atoms with Gasteiger partial charge in [0.25, 0.3) is 0 Å². The number of cyclic esters (lactones) is 1.